The van der Waals surface area contributed by atoms with Crippen molar-refractivity contribution in [3.63, 3.8) is 0 Å². The summed E-state index contributed by atoms with van der Waals surface area (Å²) in [6.07, 6.45) is 2.69. The zero-order chi connectivity index (χ0) is 19.2. The molecule has 7 nitrogen and oxygen atoms in total. The molecular formula is C20H20N4O3. The number of carbonyl (C=O) groups excluding carboxylic acids is 1. The Hall–Kier alpha value is -3.48. The highest BCUT2D eigenvalue weighted by atomic mass is 16.6. The molecule has 0 saturated heterocycles. The van der Waals surface area contributed by atoms with Gasteiger partial charge in [0.25, 0.3) is 0 Å². The van der Waals surface area contributed by atoms with Gasteiger partial charge in [0.15, 0.2) is 0 Å². The number of benzene rings is 2. The predicted octanol–water partition coefficient (Wildman–Crippen LogP) is 3.73. The molecule has 1 atom stereocenters. The Kier molecular flexibility index (Phi) is 5.61. The highest BCUT2D eigenvalue weighted by Crippen LogP contribution is 2.21. The molecule has 0 saturated carbocycles. The first-order valence-electron chi connectivity index (χ1n) is 8.64. The van der Waals surface area contributed by atoms with Crippen molar-refractivity contribution in [2.45, 2.75) is 25.9 Å². The van der Waals surface area contributed by atoms with Crippen LogP contribution in [0.5, 0.6) is 0 Å². The summed E-state index contributed by atoms with van der Waals surface area (Å²) >= 11 is 0. The minimum Gasteiger partial charge on any atom is -0.350 e. The van der Waals surface area contributed by atoms with Crippen molar-refractivity contribution < 1.29 is 9.72 Å². The van der Waals surface area contributed by atoms with Gasteiger partial charge in [0.05, 0.1) is 11.0 Å². The topological polar surface area (TPSA) is 90.1 Å². The van der Waals surface area contributed by atoms with Crippen molar-refractivity contribution in [3.05, 3.63) is 82.7 Å². The largest absolute Gasteiger partial charge is 0.350 e. The van der Waals surface area contributed by atoms with Gasteiger partial charge in [-0.25, -0.2) is 0 Å². The van der Waals surface area contributed by atoms with Crippen LogP contribution in [0.3, 0.4) is 0 Å². The zero-order valence-electron chi connectivity index (χ0n) is 14.9. The Morgan fingerprint density at radius 1 is 1.15 bits per heavy atom. The monoisotopic (exact) mass is 364 g/mol. The third-order valence-electron chi connectivity index (χ3n) is 4.29. The molecule has 0 spiro atoms. The van der Waals surface area contributed by atoms with Crippen LogP contribution in [0.2, 0.25) is 0 Å². The number of carbonyl (C=O) groups is 1. The van der Waals surface area contributed by atoms with Crippen molar-refractivity contribution in [2.24, 2.45) is 0 Å². The first-order chi connectivity index (χ1) is 13.0. The molecule has 7 heteroatoms. The molecule has 0 bridgehead atoms. The number of hydrogen-bond acceptors (Lipinski definition) is 4. The maximum Gasteiger partial charge on any atom is 0.306 e. The summed E-state index contributed by atoms with van der Waals surface area (Å²) in [4.78, 5) is 22.3. The molecule has 1 aromatic heterocycles. The van der Waals surface area contributed by atoms with E-state index in [0.717, 1.165) is 16.7 Å². The van der Waals surface area contributed by atoms with E-state index in [0.29, 0.717) is 6.54 Å². The van der Waals surface area contributed by atoms with Gasteiger partial charge in [-0.2, -0.15) is 5.10 Å². The fourth-order valence-electron chi connectivity index (χ4n) is 2.78. The van der Waals surface area contributed by atoms with Gasteiger partial charge in [-0.05, 0) is 23.6 Å². The number of nitro groups is 1. The Bertz CT molecular complexity index is 920. The third kappa shape index (κ3) is 4.78. The molecule has 0 aliphatic heterocycles. The van der Waals surface area contributed by atoms with Gasteiger partial charge >= 0.3 is 5.69 Å². The summed E-state index contributed by atoms with van der Waals surface area (Å²) in [6, 6.07) is 18.0. The summed E-state index contributed by atoms with van der Waals surface area (Å²) in [6.45, 7) is 2.22. The minimum absolute atomic E-state index is 0.0812. The number of hydrogen-bond donors (Lipinski definition) is 1. The molecule has 0 aliphatic carbocycles. The van der Waals surface area contributed by atoms with Crippen molar-refractivity contribution in [1.29, 1.82) is 0 Å². The molecule has 3 rings (SSSR count). The van der Waals surface area contributed by atoms with E-state index in [4.69, 9.17) is 0 Å². The van der Waals surface area contributed by atoms with E-state index in [1.54, 1.807) is 0 Å². The molecule has 1 amide bonds. The number of nitrogens with zero attached hydrogens (tertiary/aromatic N) is 3. The second-order valence-corrected chi connectivity index (χ2v) is 6.25. The maximum absolute atomic E-state index is 12.1. The van der Waals surface area contributed by atoms with E-state index >= 15 is 0 Å². The smallest absolute Gasteiger partial charge is 0.306 e. The average Bonchev–Trinajstić information content (AvgIpc) is 3.17. The van der Waals surface area contributed by atoms with Gasteiger partial charge in [-0.3, -0.25) is 19.6 Å². The van der Waals surface area contributed by atoms with Crippen molar-refractivity contribution in [3.8, 4) is 11.1 Å². The lowest BCUT2D eigenvalue weighted by Crippen LogP contribution is -2.27. The lowest BCUT2D eigenvalue weighted by atomic mass is 10.0. The van der Waals surface area contributed by atoms with Crippen LogP contribution in [0.4, 0.5) is 5.69 Å². The molecule has 27 heavy (non-hydrogen) atoms. The second kappa shape index (κ2) is 8.27. The molecule has 138 valence electrons. The number of rotatable bonds is 7. The van der Waals surface area contributed by atoms with Crippen LogP contribution in [0.1, 0.15) is 24.9 Å². The van der Waals surface area contributed by atoms with Gasteiger partial charge in [0, 0.05) is 13.0 Å². The Labute approximate surface area is 156 Å². The number of amides is 1. The van der Waals surface area contributed by atoms with Crippen LogP contribution < -0.4 is 5.32 Å². The molecule has 1 N–H and O–H groups in total. The van der Waals surface area contributed by atoms with Gasteiger partial charge in [-0.15, -0.1) is 0 Å². The molecule has 0 radical (unpaired) electrons. The molecule has 1 unspecified atom stereocenters. The van der Waals surface area contributed by atoms with Crippen LogP contribution in [0.15, 0.2) is 67.0 Å². The lowest BCUT2D eigenvalue weighted by molar-refractivity contribution is -0.385. The molecule has 1 heterocycles. The zero-order valence-corrected chi connectivity index (χ0v) is 14.9. The molecule has 0 aliphatic rings. The van der Waals surface area contributed by atoms with E-state index in [1.165, 1.54) is 17.1 Å². The number of nitrogens with one attached hydrogen (secondary N) is 1. The van der Waals surface area contributed by atoms with Crippen LogP contribution in [0, 0.1) is 10.1 Å². The second-order valence-electron chi connectivity index (χ2n) is 6.25. The van der Waals surface area contributed by atoms with Crippen LogP contribution >= 0.6 is 0 Å². The van der Waals surface area contributed by atoms with Gasteiger partial charge in [-0.1, -0.05) is 54.6 Å². The minimum atomic E-state index is -0.509. The van der Waals surface area contributed by atoms with Crippen LogP contribution in [0.25, 0.3) is 11.1 Å². The number of aryl methyl sites for hydroxylation is 1. The third-order valence-corrected chi connectivity index (χ3v) is 4.29. The Morgan fingerprint density at radius 3 is 2.44 bits per heavy atom. The SMILES string of the molecule is CC(NC(=O)CCn1cc([N+](=O)[O-])cn1)c1ccc(-c2ccccc2)cc1. The van der Waals surface area contributed by atoms with Gasteiger partial charge < -0.3 is 5.32 Å². The van der Waals surface area contributed by atoms with Crippen molar-refractivity contribution in [2.75, 3.05) is 0 Å². The molecule has 3 aromatic rings. The van der Waals surface area contributed by atoms with Gasteiger partial charge in [0.1, 0.15) is 12.4 Å². The van der Waals surface area contributed by atoms with E-state index in [9.17, 15) is 14.9 Å². The van der Waals surface area contributed by atoms with E-state index < -0.39 is 4.92 Å². The van der Waals surface area contributed by atoms with Gasteiger partial charge in [0.2, 0.25) is 5.91 Å². The van der Waals surface area contributed by atoms with E-state index in [1.807, 2.05) is 49.4 Å². The fraction of sp³-hybridized carbons (Fsp3) is 0.200. The maximum atomic E-state index is 12.1. The lowest BCUT2D eigenvalue weighted by Gasteiger charge is -2.15. The quantitative estimate of drug-likeness (QED) is 0.511. The van der Waals surface area contributed by atoms with Crippen LogP contribution in [-0.4, -0.2) is 20.6 Å². The molecular weight excluding hydrogens is 344 g/mol. The Balaban J connectivity index is 1.53. The summed E-state index contributed by atoms with van der Waals surface area (Å²) < 4.78 is 1.40. The van der Waals surface area contributed by atoms with E-state index in [2.05, 4.69) is 22.5 Å². The Morgan fingerprint density at radius 2 is 1.81 bits per heavy atom. The highest BCUT2D eigenvalue weighted by molar-refractivity contribution is 5.76. The normalized spacial score (nSPS) is 11.7. The van der Waals surface area contributed by atoms with Crippen molar-refractivity contribution >= 4 is 11.6 Å². The summed E-state index contributed by atoms with van der Waals surface area (Å²) in [5.74, 6) is -0.132. The predicted molar refractivity (Wildman–Crippen MR) is 102 cm³/mol. The number of aromatic nitrogens is 2. The van der Waals surface area contributed by atoms with Crippen LogP contribution in [-0.2, 0) is 11.3 Å². The standard InChI is InChI=1S/C20H20N4O3/c1-15(16-7-9-18(10-8-16)17-5-3-2-4-6-17)22-20(25)11-12-23-14-19(13-21-23)24(26)27/h2-10,13-15H,11-12H2,1H3,(H,22,25). The summed E-state index contributed by atoms with van der Waals surface area (Å²) in [5, 5.41) is 17.5. The summed E-state index contributed by atoms with van der Waals surface area (Å²) in [5.41, 5.74) is 3.20. The molecule has 0 fully saturated rings. The fourth-order valence-corrected chi connectivity index (χ4v) is 2.78. The first-order valence-corrected chi connectivity index (χ1v) is 8.64. The summed E-state index contributed by atoms with van der Waals surface area (Å²) in [7, 11) is 0. The average molecular weight is 364 g/mol. The van der Waals surface area contributed by atoms with E-state index in [-0.39, 0.29) is 24.1 Å². The molecule has 2 aromatic carbocycles. The van der Waals surface area contributed by atoms with Crippen molar-refractivity contribution in [1.82, 2.24) is 15.1 Å². The highest BCUT2D eigenvalue weighted by Gasteiger charge is 2.12. The first kappa shape index (κ1) is 18.3.